The summed E-state index contributed by atoms with van der Waals surface area (Å²) in [4.78, 5) is 14.5. The van der Waals surface area contributed by atoms with Gasteiger partial charge in [0.25, 0.3) is 0 Å². The molecule has 1 saturated heterocycles. The van der Waals surface area contributed by atoms with Gasteiger partial charge in [-0.05, 0) is 36.0 Å². The highest BCUT2D eigenvalue weighted by atomic mass is 79.9. The maximum atomic E-state index is 12.5. The van der Waals surface area contributed by atoms with E-state index >= 15 is 0 Å². The summed E-state index contributed by atoms with van der Waals surface area (Å²) in [7, 11) is 0. The Morgan fingerprint density at radius 1 is 1.43 bits per heavy atom. The molecule has 3 unspecified atom stereocenters. The van der Waals surface area contributed by atoms with Crippen LogP contribution in [0.5, 0.6) is 0 Å². The summed E-state index contributed by atoms with van der Waals surface area (Å²) >= 11 is 3.44. The van der Waals surface area contributed by atoms with Crippen LogP contribution in [-0.4, -0.2) is 29.9 Å². The summed E-state index contributed by atoms with van der Waals surface area (Å²) in [6.07, 6.45) is 2.55. The van der Waals surface area contributed by atoms with Crippen LogP contribution in [-0.2, 0) is 4.79 Å². The summed E-state index contributed by atoms with van der Waals surface area (Å²) in [5, 5.41) is 0. The van der Waals surface area contributed by atoms with Crippen molar-refractivity contribution in [2.45, 2.75) is 45.1 Å². The van der Waals surface area contributed by atoms with Crippen molar-refractivity contribution in [1.82, 2.24) is 4.90 Å². The molecular formula is C17H25BrN2O. The second kappa shape index (κ2) is 7.41. The van der Waals surface area contributed by atoms with Crippen molar-refractivity contribution < 1.29 is 4.79 Å². The maximum absolute atomic E-state index is 12.5. The lowest BCUT2D eigenvalue weighted by Crippen LogP contribution is -2.49. The van der Waals surface area contributed by atoms with Crippen LogP contribution >= 0.6 is 15.9 Å². The zero-order valence-corrected chi connectivity index (χ0v) is 14.5. The van der Waals surface area contributed by atoms with Crippen molar-refractivity contribution in [1.29, 1.82) is 0 Å². The highest BCUT2D eigenvalue weighted by Crippen LogP contribution is 2.24. The number of halogens is 1. The molecule has 0 spiro atoms. The number of benzene rings is 1. The van der Waals surface area contributed by atoms with Gasteiger partial charge in [-0.25, -0.2) is 0 Å². The summed E-state index contributed by atoms with van der Waals surface area (Å²) in [5.41, 5.74) is 7.33. The maximum Gasteiger partial charge on any atom is 0.223 e. The predicted octanol–water partition coefficient (Wildman–Crippen LogP) is 3.53. The van der Waals surface area contributed by atoms with Gasteiger partial charge in [-0.3, -0.25) is 4.79 Å². The van der Waals surface area contributed by atoms with E-state index in [-0.39, 0.29) is 17.9 Å². The monoisotopic (exact) mass is 352 g/mol. The van der Waals surface area contributed by atoms with Gasteiger partial charge in [0.05, 0.1) is 0 Å². The first kappa shape index (κ1) is 16.5. The average Bonchev–Trinajstić information content (AvgIpc) is 2.48. The van der Waals surface area contributed by atoms with E-state index in [9.17, 15) is 4.79 Å². The van der Waals surface area contributed by atoms with Gasteiger partial charge in [-0.2, -0.15) is 0 Å². The third-order valence-electron chi connectivity index (χ3n) is 4.59. The van der Waals surface area contributed by atoms with E-state index in [1.54, 1.807) is 0 Å². The molecule has 0 aromatic heterocycles. The summed E-state index contributed by atoms with van der Waals surface area (Å²) in [6.45, 7) is 5.91. The van der Waals surface area contributed by atoms with Crippen LogP contribution in [0.3, 0.4) is 0 Å². The number of carbonyl (C=O) groups is 1. The Labute approximate surface area is 136 Å². The van der Waals surface area contributed by atoms with Gasteiger partial charge in [-0.1, -0.05) is 48.3 Å². The highest BCUT2D eigenvalue weighted by molar-refractivity contribution is 9.10. The fourth-order valence-corrected chi connectivity index (χ4v) is 3.27. The van der Waals surface area contributed by atoms with Crippen molar-refractivity contribution >= 4 is 21.8 Å². The molecule has 1 aromatic carbocycles. The van der Waals surface area contributed by atoms with Gasteiger partial charge in [-0.15, -0.1) is 0 Å². The van der Waals surface area contributed by atoms with Crippen LogP contribution in [0.25, 0.3) is 0 Å². The number of piperidine rings is 1. The zero-order valence-electron chi connectivity index (χ0n) is 12.9. The minimum atomic E-state index is 0.251. The van der Waals surface area contributed by atoms with Crippen LogP contribution < -0.4 is 5.73 Å². The molecule has 1 aliphatic heterocycles. The molecule has 1 amide bonds. The summed E-state index contributed by atoms with van der Waals surface area (Å²) in [6, 6.07) is 8.49. The molecule has 2 rings (SSSR count). The first-order valence-corrected chi connectivity index (χ1v) is 8.59. The largest absolute Gasteiger partial charge is 0.342 e. The molecular weight excluding hydrogens is 328 g/mol. The molecule has 116 valence electrons. The van der Waals surface area contributed by atoms with Crippen molar-refractivity contribution in [3.05, 3.63) is 34.3 Å². The van der Waals surface area contributed by atoms with E-state index in [0.717, 1.165) is 30.4 Å². The van der Waals surface area contributed by atoms with Gasteiger partial charge in [0.15, 0.2) is 0 Å². The second-order valence-electron chi connectivity index (χ2n) is 6.12. The Hall–Kier alpha value is -0.870. The van der Waals surface area contributed by atoms with E-state index in [2.05, 4.69) is 41.9 Å². The number of carbonyl (C=O) groups excluding carboxylic acids is 1. The topological polar surface area (TPSA) is 46.3 Å². The lowest BCUT2D eigenvalue weighted by atomic mass is 9.90. The first-order chi connectivity index (χ1) is 10.0. The molecule has 1 aliphatic rings. The fraction of sp³-hybridized carbons (Fsp3) is 0.588. The number of nitrogens with zero attached hydrogens (tertiary/aromatic N) is 1. The van der Waals surface area contributed by atoms with Crippen LogP contribution in [0.1, 0.15) is 44.6 Å². The number of hydrogen-bond donors (Lipinski definition) is 1. The molecule has 0 radical (unpaired) electrons. The molecule has 3 atom stereocenters. The molecule has 3 nitrogen and oxygen atoms in total. The Kier molecular flexibility index (Phi) is 5.82. The SMILES string of the molecule is CCC1CN(C(=O)CC(C)c2ccc(Br)cc2)CCC1N. The fourth-order valence-electron chi connectivity index (χ4n) is 3.01. The lowest BCUT2D eigenvalue weighted by Gasteiger charge is -2.37. The molecule has 1 fully saturated rings. The average molecular weight is 353 g/mol. The molecule has 0 saturated carbocycles. The molecule has 1 heterocycles. The predicted molar refractivity (Wildman–Crippen MR) is 90.1 cm³/mol. The Bertz CT molecular complexity index is 474. The van der Waals surface area contributed by atoms with Crippen molar-refractivity contribution in [3.63, 3.8) is 0 Å². The van der Waals surface area contributed by atoms with E-state index in [4.69, 9.17) is 5.73 Å². The number of amides is 1. The van der Waals surface area contributed by atoms with E-state index in [1.165, 1.54) is 5.56 Å². The van der Waals surface area contributed by atoms with Crippen molar-refractivity contribution in [3.8, 4) is 0 Å². The minimum absolute atomic E-state index is 0.251. The number of hydrogen-bond acceptors (Lipinski definition) is 2. The van der Waals surface area contributed by atoms with Crippen molar-refractivity contribution in [2.75, 3.05) is 13.1 Å². The Morgan fingerprint density at radius 3 is 2.71 bits per heavy atom. The third-order valence-corrected chi connectivity index (χ3v) is 5.12. The molecule has 4 heteroatoms. The second-order valence-corrected chi connectivity index (χ2v) is 7.03. The quantitative estimate of drug-likeness (QED) is 0.900. The third kappa shape index (κ3) is 4.30. The zero-order chi connectivity index (χ0) is 15.4. The standard InChI is InChI=1S/C17H25BrN2O/c1-3-13-11-20(9-8-16(13)19)17(21)10-12(2)14-4-6-15(18)7-5-14/h4-7,12-13,16H,3,8-11,19H2,1-2H3. The molecule has 0 bridgehead atoms. The molecule has 1 aromatic rings. The van der Waals surface area contributed by atoms with Crippen molar-refractivity contribution in [2.24, 2.45) is 11.7 Å². The summed E-state index contributed by atoms with van der Waals surface area (Å²) < 4.78 is 1.07. The van der Waals surface area contributed by atoms with Gasteiger partial charge in [0, 0.05) is 30.0 Å². The Morgan fingerprint density at radius 2 is 2.10 bits per heavy atom. The molecule has 0 aliphatic carbocycles. The van der Waals surface area contributed by atoms with Gasteiger partial charge in [0.1, 0.15) is 0 Å². The Balaban J connectivity index is 1.93. The van der Waals surface area contributed by atoms with Gasteiger partial charge in [0.2, 0.25) is 5.91 Å². The van der Waals surface area contributed by atoms with Gasteiger partial charge < -0.3 is 10.6 Å². The minimum Gasteiger partial charge on any atom is -0.342 e. The summed E-state index contributed by atoms with van der Waals surface area (Å²) in [5.74, 6) is 0.961. The number of nitrogens with two attached hydrogens (primary N) is 1. The van der Waals surface area contributed by atoms with E-state index in [1.807, 2.05) is 17.0 Å². The first-order valence-electron chi connectivity index (χ1n) is 7.80. The van der Waals surface area contributed by atoms with Crippen LogP contribution in [0.15, 0.2) is 28.7 Å². The number of rotatable bonds is 4. The van der Waals surface area contributed by atoms with Crippen LogP contribution in [0.2, 0.25) is 0 Å². The van der Waals surface area contributed by atoms with Crippen LogP contribution in [0.4, 0.5) is 0 Å². The van der Waals surface area contributed by atoms with Gasteiger partial charge >= 0.3 is 0 Å². The van der Waals surface area contributed by atoms with E-state index in [0.29, 0.717) is 12.3 Å². The smallest absolute Gasteiger partial charge is 0.223 e. The number of likely N-dealkylation sites (tertiary alicyclic amines) is 1. The highest BCUT2D eigenvalue weighted by Gasteiger charge is 2.28. The van der Waals surface area contributed by atoms with E-state index < -0.39 is 0 Å². The normalized spacial score (nSPS) is 23.9. The molecule has 21 heavy (non-hydrogen) atoms. The van der Waals surface area contributed by atoms with Crippen LogP contribution in [0, 0.1) is 5.92 Å². The molecule has 2 N–H and O–H groups in total. The lowest BCUT2D eigenvalue weighted by molar-refractivity contribution is -0.133.